The molecule has 2 unspecified atom stereocenters. The zero-order valence-corrected chi connectivity index (χ0v) is 10.6. The molecule has 0 radical (unpaired) electrons. The van der Waals surface area contributed by atoms with Gasteiger partial charge in [-0.3, -0.25) is 4.90 Å². The third kappa shape index (κ3) is 2.71. The minimum Gasteiger partial charge on any atom is -0.373 e. The number of hydrogen-bond acceptors (Lipinski definition) is 3. The highest BCUT2D eigenvalue weighted by atomic mass is 16.5. The Kier molecular flexibility index (Phi) is 4.56. The SMILES string of the molecule is CCC(CC)(CN)N1CC(C)OC(C)C1. The molecule has 0 aromatic carbocycles. The van der Waals surface area contributed by atoms with Crippen LogP contribution in [0.15, 0.2) is 0 Å². The minimum atomic E-state index is 0.187. The van der Waals surface area contributed by atoms with Crippen molar-refractivity contribution in [3.05, 3.63) is 0 Å². The second kappa shape index (κ2) is 5.28. The summed E-state index contributed by atoms with van der Waals surface area (Å²) in [6.45, 7) is 11.6. The van der Waals surface area contributed by atoms with E-state index < -0.39 is 0 Å². The van der Waals surface area contributed by atoms with Crippen molar-refractivity contribution < 1.29 is 4.74 Å². The van der Waals surface area contributed by atoms with Gasteiger partial charge in [0, 0.05) is 25.2 Å². The first-order valence-corrected chi connectivity index (χ1v) is 6.18. The maximum atomic E-state index is 5.97. The zero-order chi connectivity index (χ0) is 11.5. The molecular formula is C12H26N2O. The Bertz CT molecular complexity index is 174. The summed E-state index contributed by atoms with van der Waals surface area (Å²) in [6, 6.07) is 0. The van der Waals surface area contributed by atoms with Crippen molar-refractivity contribution >= 4 is 0 Å². The topological polar surface area (TPSA) is 38.5 Å². The van der Waals surface area contributed by atoms with Gasteiger partial charge in [-0.05, 0) is 26.7 Å². The lowest BCUT2D eigenvalue weighted by atomic mass is 9.89. The number of hydrogen-bond donors (Lipinski definition) is 1. The highest BCUT2D eigenvalue weighted by Gasteiger charge is 2.36. The van der Waals surface area contributed by atoms with Gasteiger partial charge in [0.25, 0.3) is 0 Å². The maximum absolute atomic E-state index is 5.97. The molecule has 15 heavy (non-hydrogen) atoms. The average molecular weight is 214 g/mol. The quantitative estimate of drug-likeness (QED) is 0.773. The van der Waals surface area contributed by atoms with Crippen molar-refractivity contribution in [2.24, 2.45) is 5.73 Å². The van der Waals surface area contributed by atoms with E-state index in [2.05, 4.69) is 32.6 Å². The number of nitrogens with zero attached hydrogens (tertiary/aromatic N) is 1. The van der Waals surface area contributed by atoms with Crippen molar-refractivity contribution in [2.75, 3.05) is 19.6 Å². The molecule has 1 saturated heterocycles. The lowest BCUT2D eigenvalue weighted by molar-refractivity contribution is -0.102. The fourth-order valence-corrected chi connectivity index (χ4v) is 2.68. The van der Waals surface area contributed by atoms with Crippen LogP contribution in [0.25, 0.3) is 0 Å². The normalized spacial score (nSPS) is 29.4. The Labute approximate surface area is 94.0 Å². The van der Waals surface area contributed by atoms with Crippen LogP contribution in [0.5, 0.6) is 0 Å². The second-order valence-electron chi connectivity index (χ2n) is 4.80. The lowest BCUT2D eigenvalue weighted by Crippen LogP contribution is -2.60. The van der Waals surface area contributed by atoms with Crippen LogP contribution in [0, 0.1) is 0 Å². The van der Waals surface area contributed by atoms with E-state index in [9.17, 15) is 0 Å². The lowest BCUT2D eigenvalue weighted by Gasteiger charge is -2.47. The Morgan fingerprint density at radius 2 is 1.67 bits per heavy atom. The van der Waals surface area contributed by atoms with Crippen LogP contribution in [-0.2, 0) is 4.74 Å². The van der Waals surface area contributed by atoms with E-state index >= 15 is 0 Å². The number of morpholine rings is 1. The van der Waals surface area contributed by atoms with E-state index in [4.69, 9.17) is 10.5 Å². The Morgan fingerprint density at radius 1 is 1.20 bits per heavy atom. The standard InChI is InChI=1S/C12H26N2O/c1-5-12(6-2,9-13)14-7-10(3)15-11(4)8-14/h10-11H,5-9,13H2,1-4H3. The number of nitrogens with two attached hydrogens (primary N) is 1. The molecule has 1 aliphatic rings. The molecule has 3 nitrogen and oxygen atoms in total. The summed E-state index contributed by atoms with van der Waals surface area (Å²) in [5, 5.41) is 0. The highest BCUT2D eigenvalue weighted by Crippen LogP contribution is 2.26. The molecule has 3 heteroatoms. The first-order chi connectivity index (χ1) is 7.07. The summed E-state index contributed by atoms with van der Waals surface area (Å²) in [7, 11) is 0. The van der Waals surface area contributed by atoms with E-state index in [1.54, 1.807) is 0 Å². The Balaban J connectivity index is 2.74. The molecule has 0 spiro atoms. The molecule has 0 aromatic rings. The summed E-state index contributed by atoms with van der Waals surface area (Å²) in [4.78, 5) is 2.53. The van der Waals surface area contributed by atoms with E-state index in [0.29, 0.717) is 12.2 Å². The van der Waals surface area contributed by atoms with Crippen LogP contribution < -0.4 is 5.73 Å². The molecule has 90 valence electrons. The predicted octanol–water partition coefficient (Wildman–Crippen LogP) is 1.61. The summed E-state index contributed by atoms with van der Waals surface area (Å²) in [5.41, 5.74) is 6.15. The van der Waals surface area contributed by atoms with Crippen LogP contribution in [0.2, 0.25) is 0 Å². The fourth-order valence-electron chi connectivity index (χ4n) is 2.68. The second-order valence-corrected chi connectivity index (χ2v) is 4.80. The zero-order valence-electron chi connectivity index (χ0n) is 10.6. The van der Waals surface area contributed by atoms with Crippen LogP contribution in [0.1, 0.15) is 40.5 Å². The highest BCUT2D eigenvalue weighted by molar-refractivity contribution is 4.92. The molecule has 0 amide bonds. The molecule has 0 saturated carbocycles. The molecule has 1 aliphatic heterocycles. The van der Waals surface area contributed by atoms with E-state index in [0.717, 1.165) is 32.5 Å². The molecule has 1 rings (SSSR count). The van der Waals surface area contributed by atoms with Gasteiger partial charge in [-0.2, -0.15) is 0 Å². The molecule has 0 aliphatic carbocycles. The summed E-state index contributed by atoms with van der Waals surface area (Å²) in [5.74, 6) is 0. The summed E-state index contributed by atoms with van der Waals surface area (Å²) in [6.07, 6.45) is 2.91. The largest absolute Gasteiger partial charge is 0.373 e. The number of rotatable bonds is 4. The van der Waals surface area contributed by atoms with Gasteiger partial charge in [0.1, 0.15) is 0 Å². The van der Waals surface area contributed by atoms with Gasteiger partial charge in [0.2, 0.25) is 0 Å². The van der Waals surface area contributed by atoms with Crippen LogP contribution in [0.3, 0.4) is 0 Å². The van der Waals surface area contributed by atoms with Crippen molar-refractivity contribution in [1.29, 1.82) is 0 Å². The van der Waals surface area contributed by atoms with Crippen molar-refractivity contribution in [3.8, 4) is 0 Å². The van der Waals surface area contributed by atoms with E-state index in [1.807, 2.05) is 0 Å². The van der Waals surface area contributed by atoms with Gasteiger partial charge in [-0.1, -0.05) is 13.8 Å². The third-order valence-electron chi connectivity index (χ3n) is 3.79. The smallest absolute Gasteiger partial charge is 0.0678 e. The fraction of sp³-hybridized carbons (Fsp3) is 1.00. The van der Waals surface area contributed by atoms with Gasteiger partial charge >= 0.3 is 0 Å². The summed E-state index contributed by atoms with van der Waals surface area (Å²) >= 11 is 0. The van der Waals surface area contributed by atoms with Crippen LogP contribution >= 0.6 is 0 Å². The van der Waals surface area contributed by atoms with E-state index in [1.165, 1.54) is 0 Å². The van der Waals surface area contributed by atoms with E-state index in [-0.39, 0.29) is 5.54 Å². The first kappa shape index (κ1) is 12.9. The minimum absolute atomic E-state index is 0.187. The van der Waals surface area contributed by atoms with Crippen molar-refractivity contribution in [1.82, 2.24) is 4.90 Å². The van der Waals surface area contributed by atoms with Gasteiger partial charge in [-0.25, -0.2) is 0 Å². The molecule has 2 N–H and O–H groups in total. The van der Waals surface area contributed by atoms with Gasteiger partial charge in [0.05, 0.1) is 12.2 Å². The van der Waals surface area contributed by atoms with Gasteiger partial charge < -0.3 is 10.5 Å². The molecule has 0 aromatic heterocycles. The number of ether oxygens (including phenoxy) is 1. The Hall–Kier alpha value is -0.120. The molecule has 1 fully saturated rings. The van der Waals surface area contributed by atoms with Gasteiger partial charge in [0.15, 0.2) is 0 Å². The molecular weight excluding hydrogens is 188 g/mol. The van der Waals surface area contributed by atoms with Crippen LogP contribution in [0.4, 0.5) is 0 Å². The first-order valence-electron chi connectivity index (χ1n) is 6.18. The van der Waals surface area contributed by atoms with Gasteiger partial charge in [-0.15, -0.1) is 0 Å². The van der Waals surface area contributed by atoms with Crippen molar-refractivity contribution in [3.63, 3.8) is 0 Å². The Morgan fingerprint density at radius 3 is 2.00 bits per heavy atom. The average Bonchev–Trinajstić information content (AvgIpc) is 2.20. The maximum Gasteiger partial charge on any atom is 0.0678 e. The summed E-state index contributed by atoms with van der Waals surface area (Å²) < 4.78 is 5.76. The molecule has 2 atom stereocenters. The predicted molar refractivity (Wildman–Crippen MR) is 63.9 cm³/mol. The van der Waals surface area contributed by atoms with Crippen LogP contribution in [-0.4, -0.2) is 42.3 Å². The van der Waals surface area contributed by atoms with Crippen molar-refractivity contribution in [2.45, 2.75) is 58.3 Å². The molecule has 1 heterocycles. The monoisotopic (exact) mass is 214 g/mol. The molecule has 0 bridgehead atoms. The third-order valence-corrected chi connectivity index (χ3v) is 3.79.